The number of hydrogen-bond acceptors (Lipinski definition) is 4. The van der Waals surface area contributed by atoms with Crippen molar-refractivity contribution in [2.45, 2.75) is 32.6 Å². The van der Waals surface area contributed by atoms with E-state index in [1.165, 1.54) is 0 Å². The number of ether oxygens (including phenoxy) is 1. The molecule has 0 bridgehead atoms. The number of nitrogens with zero attached hydrogens (tertiary/aromatic N) is 1. The van der Waals surface area contributed by atoms with Gasteiger partial charge in [0, 0.05) is 17.5 Å². The number of anilines is 2. The first kappa shape index (κ1) is 20.4. The Bertz CT molecular complexity index is 894. The Morgan fingerprint density at radius 2 is 1.55 bits per heavy atom. The second-order valence-corrected chi connectivity index (χ2v) is 7.15. The first-order valence-electron chi connectivity index (χ1n) is 9.94. The van der Waals surface area contributed by atoms with Crippen LogP contribution < -0.4 is 15.4 Å². The molecule has 29 heavy (non-hydrogen) atoms. The maximum atomic E-state index is 12.7. The standard InChI is InChI=1S/C23H25N3O3/c1-2-29-21-6-4-3-5-20(21)26-23(28)18-11-9-17(10-12-18)22(27)25-19-13-7-16(15-24)8-14-19/h3-8,13-14,17-18H,2,9-12H2,1H3,(H,25,27)(H,26,28). The Hall–Kier alpha value is -3.33. The fourth-order valence-corrected chi connectivity index (χ4v) is 3.58. The van der Waals surface area contributed by atoms with Crippen LogP contribution in [0.3, 0.4) is 0 Å². The lowest BCUT2D eigenvalue weighted by molar-refractivity contribution is -0.125. The van der Waals surface area contributed by atoms with Crippen LogP contribution in [0.2, 0.25) is 0 Å². The minimum Gasteiger partial charge on any atom is -0.492 e. The van der Waals surface area contributed by atoms with Crippen molar-refractivity contribution in [3.63, 3.8) is 0 Å². The second kappa shape index (κ2) is 9.74. The van der Waals surface area contributed by atoms with Gasteiger partial charge in [0.05, 0.1) is 23.9 Å². The molecule has 2 amide bonds. The van der Waals surface area contributed by atoms with Crippen molar-refractivity contribution in [1.29, 1.82) is 5.26 Å². The molecule has 0 aliphatic heterocycles. The molecule has 0 spiro atoms. The maximum absolute atomic E-state index is 12.7. The minimum atomic E-state index is -0.108. The summed E-state index contributed by atoms with van der Waals surface area (Å²) >= 11 is 0. The Labute approximate surface area is 170 Å². The van der Waals surface area contributed by atoms with Gasteiger partial charge in [0.1, 0.15) is 5.75 Å². The summed E-state index contributed by atoms with van der Waals surface area (Å²) < 4.78 is 5.56. The van der Waals surface area contributed by atoms with Crippen LogP contribution in [0.1, 0.15) is 38.2 Å². The molecule has 1 fully saturated rings. The molecular formula is C23H25N3O3. The third kappa shape index (κ3) is 5.35. The summed E-state index contributed by atoms with van der Waals surface area (Å²) in [6.45, 7) is 2.44. The maximum Gasteiger partial charge on any atom is 0.227 e. The molecule has 2 aromatic carbocycles. The number of rotatable bonds is 6. The molecule has 1 saturated carbocycles. The number of carbonyl (C=O) groups is 2. The van der Waals surface area contributed by atoms with Crippen molar-refractivity contribution in [2.75, 3.05) is 17.2 Å². The summed E-state index contributed by atoms with van der Waals surface area (Å²) in [5.41, 5.74) is 1.92. The van der Waals surface area contributed by atoms with E-state index in [4.69, 9.17) is 10.00 Å². The molecule has 1 aliphatic carbocycles. The third-order valence-electron chi connectivity index (χ3n) is 5.20. The summed E-state index contributed by atoms with van der Waals surface area (Å²) in [5, 5.41) is 14.7. The van der Waals surface area contributed by atoms with E-state index < -0.39 is 0 Å². The van der Waals surface area contributed by atoms with E-state index in [1.54, 1.807) is 24.3 Å². The highest BCUT2D eigenvalue weighted by Crippen LogP contribution is 2.32. The normalized spacial score (nSPS) is 18.3. The molecule has 0 atom stereocenters. The highest BCUT2D eigenvalue weighted by atomic mass is 16.5. The van der Waals surface area contributed by atoms with Gasteiger partial charge in [0.15, 0.2) is 0 Å². The van der Waals surface area contributed by atoms with Crippen LogP contribution in [-0.2, 0) is 9.59 Å². The lowest BCUT2D eigenvalue weighted by Crippen LogP contribution is -2.32. The Balaban J connectivity index is 1.51. The number of nitriles is 1. The molecule has 1 aliphatic rings. The molecule has 150 valence electrons. The Morgan fingerprint density at radius 3 is 2.14 bits per heavy atom. The number of hydrogen-bond donors (Lipinski definition) is 2. The zero-order chi connectivity index (χ0) is 20.6. The summed E-state index contributed by atoms with van der Waals surface area (Å²) in [6.07, 6.45) is 2.70. The lowest BCUT2D eigenvalue weighted by atomic mass is 9.81. The second-order valence-electron chi connectivity index (χ2n) is 7.15. The zero-order valence-corrected chi connectivity index (χ0v) is 16.5. The highest BCUT2D eigenvalue weighted by Gasteiger charge is 2.30. The van der Waals surface area contributed by atoms with Gasteiger partial charge in [-0.2, -0.15) is 5.26 Å². The van der Waals surface area contributed by atoms with E-state index in [2.05, 4.69) is 16.7 Å². The summed E-state index contributed by atoms with van der Waals surface area (Å²) in [7, 11) is 0. The van der Waals surface area contributed by atoms with Gasteiger partial charge in [-0.25, -0.2) is 0 Å². The van der Waals surface area contributed by atoms with Crippen LogP contribution in [0.25, 0.3) is 0 Å². The molecule has 2 aromatic rings. The average molecular weight is 391 g/mol. The van der Waals surface area contributed by atoms with Crippen LogP contribution in [0.15, 0.2) is 48.5 Å². The molecule has 2 N–H and O–H groups in total. The summed E-state index contributed by atoms with van der Waals surface area (Å²) in [6, 6.07) is 16.3. The Morgan fingerprint density at radius 1 is 0.966 bits per heavy atom. The predicted molar refractivity (Wildman–Crippen MR) is 111 cm³/mol. The molecule has 0 radical (unpaired) electrons. The molecule has 0 heterocycles. The third-order valence-corrected chi connectivity index (χ3v) is 5.20. The van der Waals surface area contributed by atoms with Crippen molar-refractivity contribution in [3.8, 4) is 11.8 Å². The van der Waals surface area contributed by atoms with Gasteiger partial charge >= 0.3 is 0 Å². The fourth-order valence-electron chi connectivity index (χ4n) is 3.58. The molecule has 0 aromatic heterocycles. The molecular weight excluding hydrogens is 366 g/mol. The van der Waals surface area contributed by atoms with E-state index in [0.717, 1.165) is 0 Å². The zero-order valence-electron chi connectivity index (χ0n) is 16.5. The lowest BCUT2D eigenvalue weighted by Gasteiger charge is -2.27. The van der Waals surface area contributed by atoms with Crippen LogP contribution >= 0.6 is 0 Å². The molecule has 6 nitrogen and oxygen atoms in total. The number of benzene rings is 2. The van der Waals surface area contributed by atoms with E-state index in [9.17, 15) is 9.59 Å². The van der Waals surface area contributed by atoms with Gasteiger partial charge in [0.2, 0.25) is 11.8 Å². The number of para-hydroxylation sites is 2. The molecule has 0 unspecified atom stereocenters. The number of carbonyl (C=O) groups excluding carboxylic acids is 2. The highest BCUT2D eigenvalue weighted by molar-refractivity contribution is 5.95. The monoisotopic (exact) mass is 391 g/mol. The van der Waals surface area contributed by atoms with Crippen molar-refractivity contribution in [2.24, 2.45) is 11.8 Å². The average Bonchev–Trinajstić information content (AvgIpc) is 2.76. The number of nitrogens with one attached hydrogen (secondary N) is 2. The summed E-state index contributed by atoms with van der Waals surface area (Å²) in [5.74, 6) is 0.395. The quantitative estimate of drug-likeness (QED) is 0.766. The van der Waals surface area contributed by atoms with Crippen LogP contribution in [0.5, 0.6) is 5.75 Å². The van der Waals surface area contributed by atoms with Gasteiger partial charge in [-0.05, 0) is 69.0 Å². The van der Waals surface area contributed by atoms with E-state index in [-0.39, 0.29) is 23.7 Å². The Kier molecular flexibility index (Phi) is 6.85. The molecule has 0 saturated heterocycles. The van der Waals surface area contributed by atoms with Crippen molar-refractivity contribution < 1.29 is 14.3 Å². The van der Waals surface area contributed by atoms with E-state index in [0.29, 0.717) is 55.0 Å². The predicted octanol–water partition coefficient (Wildman–Crippen LogP) is 4.34. The SMILES string of the molecule is CCOc1ccccc1NC(=O)C1CCC(C(=O)Nc2ccc(C#N)cc2)CC1. The van der Waals surface area contributed by atoms with Crippen LogP contribution in [-0.4, -0.2) is 18.4 Å². The van der Waals surface area contributed by atoms with Crippen molar-refractivity contribution in [3.05, 3.63) is 54.1 Å². The van der Waals surface area contributed by atoms with Crippen molar-refractivity contribution in [1.82, 2.24) is 0 Å². The largest absolute Gasteiger partial charge is 0.492 e. The van der Waals surface area contributed by atoms with E-state index >= 15 is 0 Å². The van der Waals surface area contributed by atoms with Gasteiger partial charge in [-0.15, -0.1) is 0 Å². The van der Waals surface area contributed by atoms with Crippen molar-refractivity contribution >= 4 is 23.2 Å². The number of amides is 2. The van der Waals surface area contributed by atoms with Gasteiger partial charge in [-0.3, -0.25) is 9.59 Å². The molecule has 3 rings (SSSR count). The van der Waals surface area contributed by atoms with E-state index in [1.807, 2.05) is 31.2 Å². The topological polar surface area (TPSA) is 91.2 Å². The fraction of sp³-hybridized carbons (Fsp3) is 0.348. The first-order valence-corrected chi connectivity index (χ1v) is 9.94. The summed E-state index contributed by atoms with van der Waals surface area (Å²) in [4.78, 5) is 25.2. The minimum absolute atomic E-state index is 0.0249. The van der Waals surface area contributed by atoms with Gasteiger partial charge in [0.25, 0.3) is 0 Å². The first-order chi connectivity index (χ1) is 14.1. The van der Waals surface area contributed by atoms with Gasteiger partial charge in [-0.1, -0.05) is 12.1 Å². The smallest absolute Gasteiger partial charge is 0.227 e. The van der Waals surface area contributed by atoms with Gasteiger partial charge < -0.3 is 15.4 Å². The molecule has 6 heteroatoms. The van der Waals surface area contributed by atoms with Crippen LogP contribution in [0.4, 0.5) is 11.4 Å². The van der Waals surface area contributed by atoms with Crippen LogP contribution in [0, 0.1) is 23.2 Å².